The molecule has 1 amide bonds. The maximum Gasteiger partial charge on any atom is 0.416 e. The Balaban J connectivity index is 1.51. The maximum atomic E-state index is 14.4. The van der Waals surface area contributed by atoms with Crippen LogP contribution in [0.4, 0.5) is 13.2 Å². The van der Waals surface area contributed by atoms with E-state index in [0.717, 1.165) is 45.3 Å². The first-order valence-corrected chi connectivity index (χ1v) is 14.5. The van der Waals surface area contributed by atoms with E-state index in [1.807, 2.05) is 85.9 Å². The molecule has 3 aromatic carbocycles. The molecular weight excluding hydrogens is 555 g/mol. The van der Waals surface area contributed by atoms with Crippen LogP contribution in [0.15, 0.2) is 72.8 Å². The summed E-state index contributed by atoms with van der Waals surface area (Å²) in [5, 5.41) is 11.2. The molecule has 1 aliphatic heterocycles. The van der Waals surface area contributed by atoms with Crippen molar-refractivity contribution in [3.63, 3.8) is 0 Å². The average Bonchev–Trinajstić information content (AvgIpc) is 3.28. The average molecular weight is 594 g/mol. The number of aromatic nitrogens is 1. The highest BCUT2D eigenvalue weighted by Crippen LogP contribution is 2.38. The van der Waals surface area contributed by atoms with Crippen molar-refractivity contribution in [1.82, 2.24) is 14.4 Å². The zero-order valence-corrected chi connectivity index (χ0v) is 24.9. The van der Waals surface area contributed by atoms with Gasteiger partial charge in [0.25, 0.3) is 5.91 Å². The minimum absolute atomic E-state index is 0.114. The molecule has 0 bridgehead atoms. The van der Waals surface area contributed by atoms with Crippen molar-refractivity contribution in [2.24, 2.45) is 13.0 Å². The van der Waals surface area contributed by atoms with E-state index in [-0.39, 0.29) is 24.5 Å². The van der Waals surface area contributed by atoms with Gasteiger partial charge in [-0.15, -0.1) is 0 Å². The number of rotatable bonds is 6. The van der Waals surface area contributed by atoms with Crippen molar-refractivity contribution < 1.29 is 27.8 Å². The molecule has 0 saturated carbocycles. The number of aliphatic hydroxyl groups excluding tert-OH is 1. The van der Waals surface area contributed by atoms with Crippen molar-refractivity contribution >= 4 is 16.8 Å². The maximum absolute atomic E-state index is 14.4. The lowest BCUT2D eigenvalue weighted by Crippen LogP contribution is -2.47. The number of para-hydroxylation sites is 1. The van der Waals surface area contributed by atoms with Gasteiger partial charge in [-0.3, -0.25) is 9.69 Å². The van der Waals surface area contributed by atoms with E-state index in [2.05, 4.69) is 0 Å². The molecule has 0 spiro atoms. The summed E-state index contributed by atoms with van der Waals surface area (Å²) < 4.78 is 47.7. The summed E-state index contributed by atoms with van der Waals surface area (Å²) in [5.74, 6) is -0.271. The number of hydrogen-bond acceptors (Lipinski definition) is 4. The molecule has 228 valence electrons. The van der Waals surface area contributed by atoms with Crippen molar-refractivity contribution in [2.75, 3.05) is 26.7 Å². The number of carbonyl (C=O) groups is 1. The number of aryl methyl sites for hydroxylation is 1. The molecule has 4 aromatic rings. The van der Waals surface area contributed by atoms with Crippen LogP contribution in [0.2, 0.25) is 0 Å². The first kappa shape index (κ1) is 30.8. The van der Waals surface area contributed by atoms with Crippen molar-refractivity contribution in [3.8, 4) is 11.1 Å². The Bertz CT molecular complexity index is 1580. The molecule has 1 N–H and O–H groups in total. The Morgan fingerprint density at radius 2 is 1.72 bits per heavy atom. The number of alkyl halides is 3. The number of ether oxygens (including phenoxy) is 1. The van der Waals surface area contributed by atoms with Crippen LogP contribution in [-0.2, 0) is 31.1 Å². The lowest BCUT2D eigenvalue weighted by Gasteiger charge is -2.35. The predicted octanol–water partition coefficient (Wildman–Crippen LogP) is 6.35. The second-order valence-electron chi connectivity index (χ2n) is 11.7. The number of halogens is 3. The smallest absolute Gasteiger partial charge is 0.394 e. The normalized spacial score (nSPS) is 18.8. The summed E-state index contributed by atoms with van der Waals surface area (Å²) in [5.41, 5.74) is 4.33. The van der Waals surface area contributed by atoms with Gasteiger partial charge in [0, 0.05) is 49.1 Å². The highest BCUT2D eigenvalue weighted by molar-refractivity contribution is 6.10. The van der Waals surface area contributed by atoms with Crippen molar-refractivity contribution in [3.05, 3.63) is 95.2 Å². The number of nitrogens with zero attached hydrogens (tertiary/aromatic N) is 3. The van der Waals surface area contributed by atoms with Gasteiger partial charge in [-0.1, -0.05) is 61.5 Å². The van der Waals surface area contributed by atoms with E-state index < -0.39 is 17.8 Å². The van der Waals surface area contributed by atoms with Crippen LogP contribution in [-0.4, -0.2) is 64.3 Å². The zero-order valence-electron chi connectivity index (χ0n) is 24.9. The van der Waals surface area contributed by atoms with Gasteiger partial charge in [0.1, 0.15) is 5.69 Å². The molecule has 0 aliphatic carbocycles. The summed E-state index contributed by atoms with van der Waals surface area (Å²) in [6, 6.07) is 20.7. The first-order chi connectivity index (χ1) is 20.5. The second kappa shape index (κ2) is 12.5. The molecule has 0 radical (unpaired) electrons. The fourth-order valence-corrected chi connectivity index (χ4v) is 6.01. The lowest BCUT2D eigenvalue weighted by atomic mass is 9.96. The van der Waals surface area contributed by atoms with E-state index in [0.29, 0.717) is 31.9 Å². The highest BCUT2D eigenvalue weighted by atomic mass is 19.4. The van der Waals surface area contributed by atoms with Gasteiger partial charge in [0.15, 0.2) is 0 Å². The van der Waals surface area contributed by atoms with Gasteiger partial charge >= 0.3 is 6.18 Å². The molecule has 6 nitrogen and oxygen atoms in total. The van der Waals surface area contributed by atoms with Gasteiger partial charge < -0.3 is 19.3 Å². The van der Waals surface area contributed by atoms with Gasteiger partial charge in [0.05, 0.1) is 30.9 Å². The van der Waals surface area contributed by atoms with Crippen LogP contribution in [0, 0.1) is 5.92 Å². The predicted molar refractivity (Wildman–Crippen MR) is 161 cm³/mol. The second-order valence-corrected chi connectivity index (χ2v) is 11.7. The third kappa shape index (κ3) is 6.34. The zero-order chi connectivity index (χ0) is 30.9. The van der Waals surface area contributed by atoms with Crippen molar-refractivity contribution in [1.29, 1.82) is 0 Å². The number of fused-ring (bicyclic) bond motifs is 5. The first-order valence-electron chi connectivity index (χ1n) is 14.5. The standard InChI is InChI=1S/C34H38F3N3O3/c1-22-17-40(23(2)20-41)33(42)32-31(28-11-7-8-12-29(28)39(32)4)27-10-6-5-9-25(27)21-43-30(22)19-38(3)18-24-13-15-26(16-14-24)34(35,36)37/h5-16,22-23,30,41H,17-21H2,1-4H3/t22-,23-,30-/m0/s1. The molecular formula is C34H38F3N3O3. The topological polar surface area (TPSA) is 57.9 Å². The highest BCUT2D eigenvalue weighted by Gasteiger charge is 2.34. The monoisotopic (exact) mass is 593 g/mol. The molecule has 1 aliphatic rings. The van der Waals surface area contributed by atoms with Crippen LogP contribution >= 0.6 is 0 Å². The minimum Gasteiger partial charge on any atom is -0.394 e. The molecule has 3 atom stereocenters. The third-order valence-corrected chi connectivity index (χ3v) is 8.45. The molecule has 43 heavy (non-hydrogen) atoms. The Morgan fingerprint density at radius 1 is 1.05 bits per heavy atom. The van der Waals surface area contributed by atoms with Gasteiger partial charge in [-0.25, -0.2) is 0 Å². The SMILES string of the molecule is C[C@H]1CN([C@@H](C)CO)C(=O)c2c(c3ccccc3n2C)-c2ccccc2CO[C@H]1CN(C)Cc1ccc(C(F)(F)F)cc1. The Morgan fingerprint density at radius 3 is 2.42 bits per heavy atom. The van der Waals surface area contributed by atoms with E-state index in [1.165, 1.54) is 12.1 Å². The minimum atomic E-state index is -4.38. The Hall–Kier alpha value is -3.66. The van der Waals surface area contributed by atoms with Crippen LogP contribution in [0.3, 0.4) is 0 Å². The quantitative estimate of drug-likeness (QED) is 0.283. The van der Waals surface area contributed by atoms with E-state index in [9.17, 15) is 23.1 Å². The fraction of sp³-hybridized carbons (Fsp3) is 0.382. The summed E-state index contributed by atoms with van der Waals surface area (Å²) in [6.45, 7) is 5.31. The van der Waals surface area contributed by atoms with Gasteiger partial charge in [-0.2, -0.15) is 13.2 Å². The lowest BCUT2D eigenvalue weighted by molar-refractivity contribution is -0.137. The van der Waals surface area contributed by atoms with Crippen LogP contribution in [0.25, 0.3) is 22.0 Å². The van der Waals surface area contributed by atoms with Crippen LogP contribution in [0.5, 0.6) is 0 Å². The van der Waals surface area contributed by atoms with Gasteiger partial charge in [-0.05, 0) is 48.9 Å². The number of carbonyl (C=O) groups excluding carboxylic acids is 1. The van der Waals surface area contributed by atoms with Gasteiger partial charge in [0.2, 0.25) is 0 Å². The number of aliphatic hydroxyl groups is 1. The summed E-state index contributed by atoms with van der Waals surface area (Å²) in [4.78, 5) is 18.2. The van der Waals surface area contributed by atoms with Crippen molar-refractivity contribution in [2.45, 2.75) is 45.3 Å². The molecule has 0 fully saturated rings. The summed E-state index contributed by atoms with van der Waals surface area (Å²) in [7, 11) is 3.82. The third-order valence-electron chi connectivity index (χ3n) is 8.45. The number of benzene rings is 3. The molecule has 5 rings (SSSR count). The fourth-order valence-electron chi connectivity index (χ4n) is 6.01. The Labute approximate surface area is 250 Å². The summed E-state index contributed by atoms with van der Waals surface area (Å²) in [6.07, 6.45) is -4.67. The summed E-state index contributed by atoms with van der Waals surface area (Å²) >= 11 is 0. The van der Waals surface area contributed by atoms with E-state index >= 15 is 0 Å². The van der Waals surface area contributed by atoms with E-state index in [1.54, 1.807) is 4.90 Å². The van der Waals surface area contributed by atoms with Crippen LogP contribution < -0.4 is 0 Å². The molecule has 2 heterocycles. The number of hydrogen-bond donors (Lipinski definition) is 1. The molecule has 0 unspecified atom stereocenters. The largest absolute Gasteiger partial charge is 0.416 e. The number of likely N-dealkylation sites (N-methyl/N-ethyl adjacent to an activating group) is 1. The number of amides is 1. The molecule has 1 aromatic heterocycles. The van der Waals surface area contributed by atoms with E-state index in [4.69, 9.17) is 4.74 Å². The Kier molecular flexibility index (Phi) is 8.96. The van der Waals surface area contributed by atoms with Crippen LogP contribution in [0.1, 0.15) is 41.0 Å². The molecule has 0 saturated heterocycles. The molecule has 9 heteroatoms.